The number of hydrogen-bond donors (Lipinski definition) is 1. The number of halogens is 3. The number of carbonyl (C=O) groups excluding carboxylic acids is 1. The number of likely N-dealkylation sites (tertiary alicyclic amines) is 1. The highest BCUT2D eigenvalue weighted by Crippen LogP contribution is 2.30. The number of piperidine rings is 1. The van der Waals surface area contributed by atoms with Crippen LogP contribution in [0.4, 0.5) is 13.2 Å². The molecule has 1 N–H and O–H groups in total. The summed E-state index contributed by atoms with van der Waals surface area (Å²) in [5.41, 5.74) is 1.60. The maximum Gasteiger partial charge on any atom is 0.416 e. The van der Waals surface area contributed by atoms with Crippen LogP contribution in [0.2, 0.25) is 0 Å². The number of para-hydroxylation sites is 2. The first kappa shape index (κ1) is 18.5. The molecule has 146 valence electrons. The van der Waals surface area contributed by atoms with E-state index in [1.165, 1.54) is 6.07 Å². The van der Waals surface area contributed by atoms with E-state index in [1.807, 2.05) is 24.3 Å². The fourth-order valence-electron chi connectivity index (χ4n) is 3.71. The van der Waals surface area contributed by atoms with Crippen LogP contribution in [0.1, 0.15) is 35.7 Å². The molecule has 2 heterocycles. The van der Waals surface area contributed by atoms with Crippen molar-refractivity contribution in [1.82, 2.24) is 14.9 Å². The molecule has 0 atom stereocenters. The van der Waals surface area contributed by atoms with Crippen LogP contribution in [0.15, 0.2) is 48.5 Å². The number of carbonyl (C=O) groups is 1. The van der Waals surface area contributed by atoms with Crippen LogP contribution in [-0.2, 0) is 17.4 Å². The molecule has 1 fully saturated rings. The van der Waals surface area contributed by atoms with Gasteiger partial charge in [-0.3, -0.25) is 4.79 Å². The number of hydrogen-bond acceptors (Lipinski definition) is 2. The van der Waals surface area contributed by atoms with Gasteiger partial charge in [0.15, 0.2) is 0 Å². The van der Waals surface area contributed by atoms with E-state index in [9.17, 15) is 18.0 Å². The highest BCUT2D eigenvalue weighted by atomic mass is 19.4. The van der Waals surface area contributed by atoms with Crippen molar-refractivity contribution in [1.29, 1.82) is 0 Å². The number of aromatic amines is 1. The molecule has 2 aromatic carbocycles. The fraction of sp³-hybridized carbons (Fsp3) is 0.333. The summed E-state index contributed by atoms with van der Waals surface area (Å²) in [7, 11) is 0. The number of fused-ring (bicyclic) bond motifs is 1. The van der Waals surface area contributed by atoms with Gasteiger partial charge in [0.05, 0.1) is 23.0 Å². The average molecular weight is 387 g/mol. The maximum atomic E-state index is 12.8. The molecule has 0 bridgehead atoms. The number of alkyl halides is 3. The summed E-state index contributed by atoms with van der Waals surface area (Å²) in [5, 5.41) is 0. The average Bonchev–Trinajstić information content (AvgIpc) is 3.12. The zero-order valence-corrected chi connectivity index (χ0v) is 15.2. The Morgan fingerprint density at radius 1 is 1.11 bits per heavy atom. The van der Waals surface area contributed by atoms with Gasteiger partial charge in [0.25, 0.3) is 0 Å². The first-order valence-electron chi connectivity index (χ1n) is 9.29. The Kier molecular flexibility index (Phi) is 4.83. The van der Waals surface area contributed by atoms with Crippen LogP contribution in [-0.4, -0.2) is 33.9 Å². The van der Waals surface area contributed by atoms with Crippen LogP contribution in [0, 0.1) is 0 Å². The van der Waals surface area contributed by atoms with Crippen LogP contribution in [0.5, 0.6) is 0 Å². The number of imidazole rings is 1. The number of aromatic nitrogens is 2. The lowest BCUT2D eigenvalue weighted by atomic mass is 9.95. The predicted molar refractivity (Wildman–Crippen MR) is 99.8 cm³/mol. The van der Waals surface area contributed by atoms with Crippen LogP contribution >= 0.6 is 0 Å². The van der Waals surface area contributed by atoms with Gasteiger partial charge >= 0.3 is 6.18 Å². The van der Waals surface area contributed by atoms with Gasteiger partial charge in [-0.1, -0.05) is 30.3 Å². The summed E-state index contributed by atoms with van der Waals surface area (Å²) in [5.74, 6) is 1.05. The number of rotatable bonds is 3. The summed E-state index contributed by atoms with van der Waals surface area (Å²) >= 11 is 0. The molecule has 0 aliphatic carbocycles. The van der Waals surface area contributed by atoms with E-state index in [-0.39, 0.29) is 18.2 Å². The topological polar surface area (TPSA) is 49.0 Å². The minimum atomic E-state index is -4.40. The van der Waals surface area contributed by atoms with Crippen molar-refractivity contribution in [3.8, 4) is 0 Å². The molecule has 0 spiro atoms. The standard InChI is InChI=1S/C21H20F3N3O/c22-21(23,24)16-5-3-4-14(12-16)13-19(28)27-10-8-15(9-11-27)20-25-17-6-1-2-7-18(17)26-20/h1-7,12,15H,8-11,13H2,(H,25,26). The molecule has 4 nitrogen and oxygen atoms in total. The molecule has 1 aliphatic heterocycles. The molecule has 7 heteroatoms. The van der Waals surface area contributed by atoms with Gasteiger partial charge < -0.3 is 9.88 Å². The molecular formula is C21H20F3N3O. The molecule has 0 unspecified atom stereocenters. The fourth-order valence-corrected chi connectivity index (χ4v) is 3.71. The summed E-state index contributed by atoms with van der Waals surface area (Å²) in [6.07, 6.45) is -2.84. The summed E-state index contributed by atoms with van der Waals surface area (Å²) in [4.78, 5) is 22.3. The molecule has 4 rings (SSSR count). The second kappa shape index (κ2) is 7.30. The number of nitrogens with one attached hydrogen (secondary N) is 1. The van der Waals surface area contributed by atoms with Gasteiger partial charge in [-0.05, 0) is 36.6 Å². The smallest absolute Gasteiger partial charge is 0.342 e. The molecule has 3 aromatic rings. The van der Waals surface area contributed by atoms with Gasteiger partial charge in [-0.15, -0.1) is 0 Å². The Balaban J connectivity index is 1.37. The third-order valence-corrected chi connectivity index (χ3v) is 5.25. The number of nitrogens with zero attached hydrogens (tertiary/aromatic N) is 2. The van der Waals surface area contributed by atoms with E-state index in [0.717, 1.165) is 41.8 Å². The Bertz CT molecular complexity index is 955. The SMILES string of the molecule is O=C(Cc1cccc(C(F)(F)F)c1)N1CCC(c2nc3ccccc3[nH]2)CC1. The van der Waals surface area contributed by atoms with E-state index in [2.05, 4.69) is 9.97 Å². The van der Waals surface area contributed by atoms with Gasteiger partial charge in [0, 0.05) is 19.0 Å². The van der Waals surface area contributed by atoms with Crippen LogP contribution in [0.25, 0.3) is 11.0 Å². The summed E-state index contributed by atoms with van der Waals surface area (Å²) in [6, 6.07) is 12.8. The Hall–Kier alpha value is -2.83. The lowest BCUT2D eigenvalue weighted by Gasteiger charge is -2.31. The van der Waals surface area contributed by atoms with Crippen molar-refractivity contribution in [3.63, 3.8) is 0 Å². The van der Waals surface area contributed by atoms with E-state index in [0.29, 0.717) is 18.7 Å². The molecule has 1 saturated heterocycles. The summed E-state index contributed by atoms with van der Waals surface area (Å²) in [6.45, 7) is 1.17. The van der Waals surface area contributed by atoms with E-state index in [4.69, 9.17) is 0 Å². The summed E-state index contributed by atoms with van der Waals surface area (Å²) < 4.78 is 38.5. The van der Waals surface area contributed by atoms with Crippen molar-refractivity contribution in [2.75, 3.05) is 13.1 Å². The number of H-pyrrole nitrogens is 1. The van der Waals surface area contributed by atoms with Crippen LogP contribution < -0.4 is 0 Å². The van der Waals surface area contributed by atoms with Crippen molar-refractivity contribution in [3.05, 3.63) is 65.5 Å². The normalized spacial score (nSPS) is 15.9. The maximum absolute atomic E-state index is 12.8. The van der Waals surface area contributed by atoms with E-state index in [1.54, 1.807) is 11.0 Å². The third kappa shape index (κ3) is 3.88. The lowest BCUT2D eigenvalue weighted by Crippen LogP contribution is -2.39. The highest BCUT2D eigenvalue weighted by Gasteiger charge is 2.31. The molecule has 0 saturated carbocycles. The van der Waals surface area contributed by atoms with E-state index < -0.39 is 11.7 Å². The van der Waals surface area contributed by atoms with Crippen molar-refractivity contribution >= 4 is 16.9 Å². The first-order chi connectivity index (χ1) is 13.4. The predicted octanol–water partition coefficient (Wildman–Crippen LogP) is 4.53. The molecule has 0 radical (unpaired) electrons. The van der Waals surface area contributed by atoms with Gasteiger partial charge in [-0.2, -0.15) is 13.2 Å². The van der Waals surface area contributed by atoms with Crippen LogP contribution in [0.3, 0.4) is 0 Å². The third-order valence-electron chi connectivity index (χ3n) is 5.25. The molecular weight excluding hydrogens is 367 g/mol. The number of amides is 1. The van der Waals surface area contributed by atoms with Gasteiger partial charge in [0.2, 0.25) is 5.91 Å². The Morgan fingerprint density at radius 3 is 2.57 bits per heavy atom. The van der Waals surface area contributed by atoms with Crippen molar-refractivity contribution < 1.29 is 18.0 Å². The largest absolute Gasteiger partial charge is 0.416 e. The minimum Gasteiger partial charge on any atom is -0.342 e. The first-order valence-corrected chi connectivity index (χ1v) is 9.29. The van der Waals surface area contributed by atoms with Gasteiger partial charge in [0.1, 0.15) is 5.82 Å². The number of benzene rings is 2. The quantitative estimate of drug-likeness (QED) is 0.718. The van der Waals surface area contributed by atoms with Gasteiger partial charge in [-0.25, -0.2) is 4.98 Å². The van der Waals surface area contributed by atoms with Crippen molar-refractivity contribution in [2.24, 2.45) is 0 Å². The Labute approximate surface area is 160 Å². The zero-order chi connectivity index (χ0) is 19.7. The Morgan fingerprint density at radius 2 is 1.86 bits per heavy atom. The molecule has 1 aliphatic rings. The van der Waals surface area contributed by atoms with E-state index >= 15 is 0 Å². The second-order valence-corrected chi connectivity index (χ2v) is 7.17. The zero-order valence-electron chi connectivity index (χ0n) is 15.2. The van der Waals surface area contributed by atoms with Crippen molar-refractivity contribution in [2.45, 2.75) is 31.4 Å². The second-order valence-electron chi connectivity index (χ2n) is 7.17. The minimum absolute atomic E-state index is 0.0147. The molecule has 1 amide bonds. The highest BCUT2D eigenvalue weighted by molar-refractivity contribution is 5.79. The molecule has 28 heavy (non-hydrogen) atoms. The monoisotopic (exact) mass is 387 g/mol. The molecule has 1 aromatic heterocycles. The lowest BCUT2D eigenvalue weighted by molar-refractivity contribution is -0.138.